The van der Waals surface area contributed by atoms with E-state index >= 15 is 0 Å². The fraction of sp³-hybridized carbons (Fsp3) is 0.818. The Morgan fingerprint density at radius 3 is 0.528 bits per heavy atom. The highest BCUT2D eigenvalue weighted by Crippen LogP contribution is 1.86. The average molecular weight is 529 g/mol. The van der Waals surface area contributed by atoms with Crippen LogP contribution in [0.25, 0.3) is 0 Å². The molecule has 0 saturated heterocycles. The minimum Gasteiger partial charge on any atom is -0.544 e. The predicted octanol–water partition coefficient (Wildman–Crippen LogP) is -7.33. The minimum atomic E-state index is -1.00. The number of quaternary nitrogens is 4. The van der Waals surface area contributed by atoms with Gasteiger partial charge in [0.1, 0.15) is 26.2 Å². The van der Waals surface area contributed by atoms with Crippen LogP contribution in [0.4, 0.5) is 0 Å². The predicted molar refractivity (Wildman–Crippen MR) is 130 cm³/mol. The summed E-state index contributed by atoms with van der Waals surface area (Å²) < 4.78 is 1.68. The van der Waals surface area contributed by atoms with Gasteiger partial charge >= 0.3 is 0 Å². The molecule has 0 spiro atoms. The second kappa shape index (κ2) is 20.8. The van der Waals surface area contributed by atoms with Crippen LogP contribution in [0, 0.1) is 0 Å². The highest BCUT2D eigenvalue weighted by Gasteiger charge is 2.06. The van der Waals surface area contributed by atoms with Crippen molar-refractivity contribution in [1.29, 1.82) is 0 Å². The summed E-state index contributed by atoms with van der Waals surface area (Å²) in [7, 11) is 21.6. The van der Waals surface area contributed by atoms with Crippen molar-refractivity contribution in [2.24, 2.45) is 11.5 Å². The molecule has 0 aliphatic rings. The number of hydrogen-bond acceptors (Lipinski definition) is 10. The standard InChI is InChI=1S/4C5H11NO2.C2H8N2/c4*1-6(2,3)4-5(7)8;3-1-2-4/h4*4H2,1-3H3;1-4H2. The summed E-state index contributed by atoms with van der Waals surface area (Å²) in [5.74, 6) is -4.01. The molecule has 0 saturated carbocycles. The van der Waals surface area contributed by atoms with E-state index in [1.165, 1.54) is 0 Å². The molecule has 0 heterocycles. The molecular formula is C22H52N6O8. The lowest BCUT2D eigenvalue weighted by molar-refractivity contribution is -0.864. The van der Waals surface area contributed by atoms with Gasteiger partial charge in [-0.15, -0.1) is 0 Å². The molecular weight excluding hydrogens is 476 g/mol. The monoisotopic (exact) mass is 528 g/mol. The first-order chi connectivity index (χ1) is 15.6. The van der Waals surface area contributed by atoms with Gasteiger partial charge in [0.2, 0.25) is 0 Å². The van der Waals surface area contributed by atoms with E-state index in [1.54, 1.807) is 84.6 Å². The molecule has 36 heavy (non-hydrogen) atoms. The summed E-state index contributed by atoms with van der Waals surface area (Å²) in [5, 5.41) is 39.6. The number of nitrogens with zero attached hydrogens (tertiary/aromatic N) is 4. The molecule has 218 valence electrons. The molecule has 0 atom stereocenters. The van der Waals surface area contributed by atoms with Gasteiger partial charge in [-0.3, -0.25) is 0 Å². The Kier molecular flexibility index (Phi) is 25.2. The summed E-state index contributed by atoms with van der Waals surface area (Å²) in [4.78, 5) is 39.6. The molecule has 14 heteroatoms. The van der Waals surface area contributed by atoms with Crippen molar-refractivity contribution in [2.45, 2.75) is 0 Å². The van der Waals surface area contributed by atoms with E-state index in [0.29, 0.717) is 31.0 Å². The van der Waals surface area contributed by atoms with Crippen molar-refractivity contribution in [3.63, 3.8) is 0 Å². The molecule has 0 unspecified atom stereocenters. The molecule has 0 aromatic carbocycles. The van der Waals surface area contributed by atoms with Gasteiger partial charge in [-0.05, 0) is 0 Å². The Balaban J connectivity index is -0.000000113. The van der Waals surface area contributed by atoms with Crippen LogP contribution < -0.4 is 31.9 Å². The maximum absolute atomic E-state index is 9.89. The smallest absolute Gasteiger partial charge is 0.118 e. The second-order valence-electron chi connectivity index (χ2n) is 11.9. The number of rotatable bonds is 9. The molecule has 0 aliphatic heterocycles. The Labute approximate surface area is 217 Å². The third kappa shape index (κ3) is 85.5. The van der Waals surface area contributed by atoms with Crippen molar-refractivity contribution in [3.8, 4) is 0 Å². The fourth-order valence-corrected chi connectivity index (χ4v) is 1.55. The van der Waals surface area contributed by atoms with Crippen molar-refractivity contribution in [1.82, 2.24) is 0 Å². The number of carboxylic acids is 4. The van der Waals surface area contributed by atoms with Crippen molar-refractivity contribution < 1.29 is 57.5 Å². The van der Waals surface area contributed by atoms with Gasteiger partial charge < -0.3 is 69.0 Å². The molecule has 0 aromatic heterocycles. The van der Waals surface area contributed by atoms with Crippen molar-refractivity contribution in [2.75, 3.05) is 124 Å². The average Bonchev–Trinajstić information content (AvgIpc) is 2.46. The summed E-state index contributed by atoms with van der Waals surface area (Å²) in [6.07, 6.45) is 0. The molecule has 0 amide bonds. The summed E-state index contributed by atoms with van der Waals surface area (Å²) in [6, 6.07) is 0. The second-order valence-corrected chi connectivity index (χ2v) is 11.9. The number of likely N-dealkylation sites (N-methyl/N-ethyl adjacent to an activating group) is 4. The first kappa shape index (κ1) is 43.7. The Morgan fingerprint density at radius 1 is 0.417 bits per heavy atom. The quantitative estimate of drug-likeness (QED) is 0.270. The third-order valence-electron chi connectivity index (χ3n) is 2.58. The van der Waals surface area contributed by atoms with Crippen LogP contribution >= 0.6 is 0 Å². The summed E-state index contributed by atoms with van der Waals surface area (Å²) in [5.41, 5.74) is 9.81. The summed E-state index contributed by atoms with van der Waals surface area (Å²) >= 11 is 0. The van der Waals surface area contributed by atoms with Crippen LogP contribution in [0.1, 0.15) is 0 Å². The van der Waals surface area contributed by atoms with Gasteiger partial charge in [0.05, 0.1) is 108 Å². The molecule has 0 aliphatic carbocycles. The molecule has 0 fully saturated rings. The van der Waals surface area contributed by atoms with E-state index in [9.17, 15) is 39.6 Å². The number of aliphatic carboxylic acids is 4. The van der Waals surface area contributed by atoms with Gasteiger partial charge in [-0.2, -0.15) is 0 Å². The third-order valence-corrected chi connectivity index (χ3v) is 2.58. The number of carbonyl (C=O) groups excluding carboxylic acids is 4. The van der Waals surface area contributed by atoms with E-state index in [-0.39, 0.29) is 26.2 Å². The molecule has 0 rings (SSSR count). The highest BCUT2D eigenvalue weighted by atomic mass is 16.4. The molecule has 14 nitrogen and oxygen atoms in total. The van der Waals surface area contributed by atoms with Gasteiger partial charge in [-0.1, -0.05) is 0 Å². The van der Waals surface area contributed by atoms with Gasteiger partial charge in [0.15, 0.2) is 0 Å². The fourth-order valence-electron chi connectivity index (χ4n) is 1.55. The van der Waals surface area contributed by atoms with E-state index in [4.69, 9.17) is 11.5 Å². The number of carbonyl (C=O) groups is 4. The normalized spacial score (nSPS) is 10.9. The maximum Gasteiger partial charge on any atom is 0.118 e. The lowest BCUT2D eigenvalue weighted by Crippen LogP contribution is -2.45. The lowest BCUT2D eigenvalue weighted by atomic mass is 10.5. The van der Waals surface area contributed by atoms with Crippen molar-refractivity contribution in [3.05, 3.63) is 0 Å². The molecule has 0 bridgehead atoms. The van der Waals surface area contributed by atoms with E-state index in [0.717, 1.165) is 0 Å². The first-order valence-corrected chi connectivity index (χ1v) is 11.0. The maximum atomic E-state index is 9.89. The van der Waals surface area contributed by atoms with Gasteiger partial charge in [-0.25, -0.2) is 0 Å². The van der Waals surface area contributed by atoms with Crippen LogP contribution in [0.5, 0.6) is 0 Å². The molecule has 4 N–H and O–H groups in total. The Bertz CT molecular complexity index is 510. The molecule has 0 radical (unpaired) electrons. The SMILES string of the molecule is C[N+](C)(C)CC(=O)[O-].C[N+](C)(C)CC(=O)[O-].C[N+](C)(C)CC(=O)[O-].C[N+](C)(C)CC(=O)[O-].NCCN. The van der Waals surface area contributed by atoms with E-state index < -0.39 is 23.9 Å². The number of hydrogen-bond donors (Lipinski definition) is 2. The first-order valence-electron chi connectivity index (χ1n) is 11.0. The topological polar surface area (TPSA) is 213 Å². The Hall–Kier alpha value is -2.36. The van der Waals surface area contributed by atoms with Crippen LogP contribution in [0.2, 0.25) is 0 Å². The lowest BCUT2D eigenvalue weighted by Gasteiger charge is -2.23. The van der Waals surface area contributed by atoms with Crippen molar-refractivity contribution >= 4 is 23.9 Å². The van der Waals surface area contributed by atoms with Gasteiger partial charge in [0, 0.05) is 13.1 Å². The van der Waals surface area contributed by atoms with Crippen LogP contribution in [0.15, 0.2) is 0 Å². The largest absolute Gasteiger partial charge is 0.544 e. The Morgan fingerprint density at radius 2 is 0.528 bits per heavy atom. The molecule has 0 aromatic rings. The zero-order chi connectivity index (χ0) is 30.6. The minimum absolute atomic E-state index is 0.0694. The van der Waals surface area contributed by atoms with Crippen LogP contribution in [0.3, 0.4) is 0 Å². The number of nitrogens with two attached hydrogens (primary N) is 2. The summed E-state index contributed by atoms with van der Waals surface area (Å²) in [6.45, 7) is 1.47. The zero-order valence-electron chi connectivity index (χ0n) is 24.5. The van der Waals surface area contributed by atoms with Crippen LogP contribution in [-0.4, -0.2) is 166 Å². The van der Waals surface area contributed by atoms with E-state index in [1.807, 2.05) is 0 Å². The zero-order valence-corrected chi connectivity index (χ0v) is 24.5. The van der Waals surface area contributed by atoms with Gasteiger partial charge in [0.25, 0.3) is 0 Å². The highest BCUT2D eigenvalue weighted by molar-refractivity contribution is 5.66. The number of carboxylic acid groups (broad SMARTS) is 4. The van der Waals surface area contributed by atoms with Crippen LogP contribution in [-0.2, 0) is 19.2 Å². The van der Waals surface area contributed by atoms with E-state index in [2.05, 4.69) is 0 Å².